The molecule has 4 saturated carbocycles. The standard InChI is InChI=1S/C12H18O2.C11H7NO5.C10H8N2O2.C7H13BrO2.C6H6O3/c13-11(14)7-12-4-8-1-9(5-12)3-10(2-8)6-12;13-11(14)10-5-4-9(17-10)7-2-1-3-8(6-7)12(15)16;1-6-8(10(13)14)5-7-3-2-4-11-9(7)12-6;8-6-4-2-1-3-5-7(9)10;1-4-2-5(3-9-4)6(7)8/h8-10H,1-7H2,(H,13,14);1-6H,(H,13,14);2-5H,1H3,(H,13,14);1-6H2,(H,9,10);2-3H,1H3,(H,7,8). The number of aromatic carboxylic acids is 3. The van der Waals surface area contributed by atoms with Crippen molar-refractivity contribution in [2.75, 3.05) is 5.33 Å². The van der Waals surface area contributed by atoms with E-state index in [-0.39, 0.29) is 33.7 Å². The smallest absolute Gasteiger partial charge is 0.371 e. The Bertz CT molecular complexity index is 2370. The van der Waals surface area contributed by atoms with Crippen molar-refractivity contribution in [3.63, 3.8) is 0 Å². The van der Waals surface area contributed by atoms with Crippen molar-refractivity contribution >= 4 is 62.5 Å². The number of carbonyl (C=O) groups is 5. The molecule has 64 heavy (non-hydrogen) atoms. The van der Waals surface area contributed by atoms with Crippen LogP contribution in [0.2, 0.25) is 0 Å². The van der Waals surface area contributed by atoms with Crippen LogP contribution in [0.25, 0.3) is 22.4 Å². The SMILES string of the molecule is Cc1cc(C(=O)O)co1.Cc1nc2ncccc2cc1C(=O)O.O=C(O)CC12CC3CC(CC(C3)C1)C2.O=C(O)CCCCCCBr.O=C(O)c1ccc(-c2cccc([N+](=O)[O-])c2)o1. The Hall–Kier alpha value is -6.43. The minimum absolute atomic E-state index is 0.0734. The molecule has 0 amide bonds. The average Bonchev–Trinajstić information content (AvgIpc) is 3.91. The van der Waals surface area contributed by atoms with Crippen molar-refractivity contribution in [3.8, 4) is 11.3 Å². The summed E-state index contributed by atoms with van der Waals surface area (Å²) in [5.41, 5.74) is 2.11. The van der Waals surface area contributed by atoms with E-state index in [2.05, 4.69) is 25.9 Å². The van der Waals surface area contributed by atoms with E-state index < -0.39 is 34.8 Å². The van der Waals surface area contributed by atoms with Crippen LogP contribution in [0.15, 0.2) is 82.0 Å². The summed E-state index contributed by atoms with van der Waals surface area (Å²) in [7, 11) is 0. The summed E-state index contributed by atoms with van der Waals surface area (Å²) in [4.78, 5) is 70.7. The van der Waals surface area contributed by atoms with Crippen molar-refractivity contribution in [3.05, 3.63) is 112 Å². The number of unbranched alkanes of at least 4 members (excludes halogenated alkanes) is 3. The van der Waals surface area contributed by atoms with Gasteiger partial charge in [0, 0.05) is 41.0 Å². The van der Waals surface area contributed by atoms with Gasteiger partial charge in [-0.3, -0.25) is 19.7 Å². The molecule has 4 fully saturated rings. The molecule has 18 heteroatoms. The molecule has 1 aromatic carbocycles. The average molecular weight is 951 g/mol. The van der Waals surface area contributed by atoms with Crippen molar-refractivity contribution in [1.29, 1.82) is 0 Å². The van der Waals surface area contributed by atoms with Crippen molar-refractivity contribution in [2.24, 2.45) is 23.2 Å². The van der Waals surface area contributed by atoms with Crippen LogP contribution in [0, 0.1) is 47.1 Å². The number of benzene rings is 1. The molecule has 0 radical (unpaired) electrons. The lowest BCUT2D eigenvalue weighted by molar-refractivity contribution is -0.384. The number of halogens is 1. The highest BCUT2D eigenvalue weighted by Crippen LogP contribution is 2.61. The number of aliphatic carboxylic acids is 2. The van der Waals surface area contributed by atoms with Gasteiger partial charge in [0.15, 0.2) is 5.65 Å². The number of non-ortho nitro benzene ring substituents is 1. The van der Waals surface area contributed by atoms with Crippen molar-refractivity contribution in [2.45, 2.75) is 90.9 Å². The fourth-order valence-corrected chi connectivity index (χ4v) is 9.20. The Balaban J connectivity index is 0.000000179. The van der Waals surface area contributed by atoms with Gasteiger partial charge in [0.05, 0.1) is 28.2 Å². The zero-order chi connectivity index (χ0) is 47.0. The van der Waals surface area contributed by atoms with E-state index >= 15 is 0 Å². The summed E-state index contributed by atoms with van der Waals surface area (Å²) >= 11 is 3.31. The second-order valence-corrected chi connectivity index (χ2v) is 17.0. The van der Waals surface area contributed by atoms with E-state index in [0.29, 0.717) is 35.5 Å². The van der Waals surface area contributed by atoms with Crippen LogP contribution < -0.4 is 0 Å². The molecule has 4 heterocycles. The molecule has 4 bridgehead atoms. The second-order valence-electron chi connectivity index (χ2n) is 16.2. The molecule has 17 nitrogen and oxygen atoms in total. The first-order chi connectivity index (χ1) is 30.4. The number of aryl methyl sites for hydroxylation is 2. The predicted molar refractivity (Wildman–Crippen MR) is 237 cm³/mol. The van der Waals surface area contributed by atoms with Gasteiger partial charge < -0.3 is 34.4 Å². The van der Waals surface area contributed by atoms with Gasteiger partial charge in [0.1, 0.15) is 17.8 Å². The Morgan fingerprint density at radius 2 is 1.45 bits per heavy atom. The fraction of sp³-hybridized carbons (Fsp3) is 0.413. The lowest BCUT2D eigenvalue weighted by Gasteiger charge is -2.56. The first kappa shape index (κ1) is 50.2. The number of aromatic nitrogens is 2. The van der Waals surface area contributed by atoms with Crippen LogP contribution in [0.1, 0.15) is 120 Å². The summed E-state index contributed by atoms with van der Waals surface area (Å²) in [6.45, 7) is 3.37. The van der Waals surface area contributed by atoms with Gasteiger partial charge in [-0.1, -0.05) is 40.9 Å². The van der Waals surface area contributed by atoms with Crippen LogP contribution in [-0.4, -0.2) is 75.6 Å². The van der Waals surface area contributed by atoms with E-state index in [9.17, 15) is 34.1 Å². The summed E-state index contributed by atoms with van der Waals surface area (Å²) in [6.07, 6.45) is 15.6. The zero-order valence-corrected chi connectivity index (χ0v) is 37.1. The van der Waals surface area contributed by atoms with Crippen molar-refractivity contribution in [1.82, 2.24) is 9.97 Å². The molecule has 5 N–H and O–H groups in total. The lowest BCUT2D eigenvalue weighted by atomic mass is 9.49. The Morgan fingerprint density at radius 3 is 1.95 bits per heavy atom. The highest BCUT2D eigenvalue weighted by molar-refractivity contribution is 9.09. The van der Waals surface area contributed by atoms with Gasteiger partial charge in [-0.2, -0.15) is 0 Å². The number of hydrogen-bond donors (Lipinski definition) is 5. The van der Waals surface area contributed by atoms with E-state index in [4.69, 9.17) is 34.4 Å². The number of carboxylic acid groups (broad SMARTS) is 5. The third kappa shape index (κ3) is 15.4. The molecule has 342 valence electrons. The molecule has 0 spiro atoms. The number of nitro benzene ring substituents is 1. The third-order valence-corrected chi connectivity index (χ3v) is 11.7. The Labute approximate surface area is 376 Å². The molecule has 0 aliphatic heterocycles. The molecule has 5 aromatic rings. The Kier molecular flexibility index (Phi) is 18.7. The zero-order valence-electron chi connectivity index (χ0n) is 35.5. The largest absolute Gasteiger partial charge is 0.481 e. The highest BCUT2D eigenvalue weighted by atomic mass is 79.9. The summed E-state index contributed by atoms with van der Waals surface area (Å²) in [6, 6.07) is 15.2. The number of rotatable bonds is 13. The topological polar surface area (TPSA) is 282 Å². The number of pyridine rings is 2. The van der Waals surface area contributed by atoms with Gasteiger partial charge in [-0.05, 0) is 125 Å². The first-order valence-corrected chi connectivity index (χ1v) is 21.8. The van der Waals surface area contributed by atoms with Crippen LogP contribution in [0.4, 0.5) is 5.69 Å². The number of alkyl halides is 1. The summed E-state index contributed by atoms with van der Waals surface area (Å²) < 4.78 is 9.79. The number of carboxylic acids is 5. The molecular formula is C46H52BrN3O14. The molecule has 0 unspecified atom stereocenters. The maximum absolute atomic E-state index is 10.9. The molecule has 4 aliphatic rings. The maximum atomic E-state index is 10.9. The van der Waals surface area contributed by atoms with Gasteiger partial charge in [-0.25, -0.2) is 24.4 Å². The van der Waals surface area contributed by atoms with E-state index in [0.717, 1.165) is 54.2 Å². The number of fused-ring (bicyclic) bond motifs is 1. The highest BCUT2D eigenvalue weighted by Gasteiger charge is 2.51. The van der Waals surface area contributed by atoms with Crippen LogP contribution in [0.3, 0.4) is 0 Å². The lowest BCUT2D eigenvalue weighted by Crippen LogP contribution is -2.46. The van der Waals surface area contributed by atoms with Crippen LogP contribution in [-0.2, 0) is 9.59 Å². The molecule has 4 aliphatic carbocycles. The minimum Gasteiger partial charge on any atom is -0.481 e. The van der Waals surface area contributed by atoms with Crippen molar-refractivity contribution < 1.29 is 63.3 Å². The normalized spacial score (nSPS) is 18.6. The Morgan fingerprint density at radius 1 is 0.797 bits per heavy atom. The monoisotopic (exact) mass is 949 g/mol. The third-order valence-electron chi connectivity index (χ3n) is 11.1. The molecule has 9 rings (SSSR count). The van der Waals surface area contributed by atoms with E-state index in [1.54, 1.807) is 44.3 Å². The van der Waals surface area contributed by atoms with E-state index in [1.165, 1.54) is 81.2 Å². The quantitative estimate of drug-likeness (QED) is 0.0317. The van der Waals surface area contributed by atoms with Gasteiger partial charge in [0.2, 0.25) is 5.76 Å². The summed E-state index contributed by atoms with van der Waals surface area (Å²) in [5, 5.41) is 55.5. The summed E-state index contributed by atoms with van der Waals surface area (Å²) in [5.74, 6) is -1.02. The minimum atomic E-state index is -1.18. The van der Waals surface area contributed by atoms with E-state index in [1.807, 2.05) is 0 Å². The molecule has 0 saturated heterocycles. The number of furan rings is 2. The number of nitrogens with zero attached hydrogens (tertiary/aromatic N) is 3. The predicted octanol–water partition coefficient (Wildman–Crippen LogP) is 10.6. The van der Waals surface area contributed by atoms with Gasteiger partial charge in [0.25, 0.3) is 5.69 Å². The fourth-order valence-electron chi connectivity index (χ4n) is 8.80. The number of hydrogen-bond acceptors (Lipinski definition) is 11. The van der Waals surface area contributed by atoms with Gasteiger partial charge in [-0.15, -0.1) is 0 Å². The van der Waals surface area contributed by atoms with Gasteiger partial charge >= 0.3 is 29.8 Å². The van der Waals surface area contributed by atoms with Crippen LogP contribution in [0.5, 0.6) is 0 Å². The molecule has 0 atom stereocenters. The maximum Gasteiger partial charge on any atom is 0.371 e. The number of nitro groups is 1. The first-order valence-electron chi connectivity index (χ1n) is 20.7. The second kappa shape index (κ2) is 23.9. The van der Waals surface area contributed by atoms with Crippen LogP contribution >= 0.6 is 15.9 Å². The molecule has 4 aromatic heterocycles. The molecular weight excluding hydrogens is 898 g/mol.